The van der Waals surface area contributed by atoms with Crippen molar-refractivity contribution in [2.24, 2.45) is 0 Å². The van der Waals surface area contributed by atoms with Gasteiger partial charge in [-0.25, -0.2) is 0 Å². The van der Waals surface area contributed by atoms with E-state index in [4.69, 9.17) is 9.47 Å². The zero-order chi connectivity index (χ0) is 15.9. The lowest BCUT2D eigenvalue weighted by Crippen LogP contribution is -2.40. The summed E-state index contributed by atoms with van der Waals surface area (Å²) in [5, 5.41) is 5.50. The number of carbonyl (C=O) groups excluding carboxylic acids is 2. The molecule has 1 aliphatic carbocycles. The molecule has 1 aromatic carbocycles. The Morgan fingerprint density at radius 2 is 1.96 bits per heavy atom. The van der Waals surface area contributed by atoms with Crippen LogP contribution in [0.4, 0.5) is 5.69 Å². The predicted octanol–water partition coefficient (Wildman–Crippen LogP) is 2.34. The second kappa shape index (κ2) is 5.44. The molecule has 2 N–H and O–H groups in total. The molecule has 4 rings (SSSR count). The Hall–Kier alpha value is -2.24. The lowest BCUT2D eigenvalue weighted by Gasteiger charge is -2.31. The lowest BCUT2D eigenvalue weighted by molar-refractivity contribution is -0.122. The van der Waals surface area contributed by atoms with Gasteiger partial charge < -0.3 is 20.1 Å². The average Bonchev–Trinajstić information content (AvgIpc) is 3.11. The molecule has 2 heterocycles. The van der Waals surface area contributed by atoms with E-state index in [-0.39, 0.29) is 11.8 Å². The highest BCUT2D eigenvalue weighted by molar-refractivity contribution is 5.99. The van der Waals surface area contributed by atoms with Gasteiger partial charge in [0.15, 0.2) is 11.5 Å². The van der Waals surface area contributed by atoms with Crippen molar-refractivity contribution in [1.29, 1.82) is 0 Å². The maximum absolute atomic E-state index is 12.2. The number of hydrogen-bond donors (Lipinski definition) is 2. The van der Waals surface area contributed by atoms with Gasteiger partial charge in [-0.2, -0.15) is 0 Å². The molecular weight excluding hydrogens is 296 g/mol. The summed E-state index contributed by atoms with van der Waals surface area (Å²) in [6, 6.07) is 4.99. The van der Waals surface area contributed by atoms with Crippen LogP contribution in [0.1, 0.15) is 44.9 Å². The maximum atomic E-state index is 12.2. The number of ether oxygens (including phenoxy) is 2. The molecule has 1 saturated carbocycles. The third kappa shape index (κ3) is 2.73. The highest BCUT2D eigenvalue weighted by atomic mass is 16.7. The minimum Gasteiger partial charge on any atom is -0.448 e. The summed E-state index contributed by atoms with van der Waals surface area (Å²) in [5.41, 5.74) is 0.659. The fraction of sp³-hybridized carbons (Fsp3) is 0.529. The molecule has 1 spiro atoms. The van der Waals surface area contributed by atoms with Crippen LogP contribution in [0, 0.1) is 0 Å². The van der Waals surface area contributed by atoms with E-state index in [9.17, 15) is 9.59 Å². The molecule has 2 aliphatic heterocycles. The van der Waals surface area contributed by atoms with Crippen molar-refractivity contribution >= 4 is 17.5 Å². The van der Waals surface area contributed by atoms with E-state index < -0.39 is 11.8 Å². The molecule has 6 heteroatoms. The smallest absolute Gasteiger partial charge is 0.251 e. The summed E-state index contributed by atoms with van der Waals surface area (Å²) < 4.78 is 12.1. The molecule has 2 amide bonds. The highest BCUT2D eigenvalue weighted by Gasteiger charge is 2.42. The largest absolute Gasteiger partial charge is 0.448 e. The number of carbonyl (C=O) groups is 2. The summed E-state index contributed by atoms with van der Waals surface area (Å²) >= 11 is 0. The van der Waals surface area contributed by atoms with Crippen molar-refractivity contribution in [3.63, 3.8) is 0 Å². The van der Waals surface area contributed by atoms with E-state index in [0.717, 1.165) is 31.4 Å². The van der Waals surface area contributed by atoms with Gasteiger partial charge in [0, 0.05) is 31.0 Å². The van der Waals surface area contributed by atoms with E-state index in [0.29, 0.717) is 24.3 Å². The zero-order valence-corrected chi connectivity index (χ0v) is 12.9. The van der Waals surface area contributed by atoms with Gasteiger partial charge >= 0.3 is 0 Å². The van der Waals surface area contributed by atoms with Crippen LogP contribution >= 0.6 is 0 Å². The predicted molar refractivity (Wildman–Crippen MR) is 83.3 cm³/mol. The van der Waals surface area contributed by atoms with Crippen LogP contribution in [0.2, 0.25) is 0 Å². The average molecular weight is 316 g/mol. The van der Waals surface area contributed by atoms with Gasteiger partial charge in [-0.3, -0.25) is 9.59 Å². The fourth-order valence-corrected chi connectivity index (χ4v) is 3.51. The standard InChI is InChI=1S/C17H20N2O4/c20-15-7-5-12(19-15)16(21)18-11-4-6-13-14(10-11)23-17(22-13)8-2-1-3-9-17/h4,6,10,12H,1-3,5,7-9H2,(H,18,21)(H,19,20)/t12-/m1/s1. The molecule has 2 fully saturated rings. The van der Waals surface area contributed by atoms with Crippen LogP contribution in [0.3, 0.4) is 0 Å². The van der Waals surface area contributed by atoms with Crippen molar-refractivity contribution in [2.75, 3.05) is 5.32 Å². The molecule has 0 aromatic heterocycles. The van der Waals surface area contributed by atoms with Crippen LogP contribution in [-0.4, -0.2) is 23.6 Å². The molecule has 122 valence electrons. The first-order valence-electron chi connectivity index (χ1n) is 8.26. The SMILES string of the molecule is O=C1CC[C@H](C(=O)Nc2ccc3c(c2)OC2(CCCCC2)O3)N1. The zero-order valence-electron chi connectivity index (χ0n) is 12.9. The third-order valence-electron chi connectivity index (χ3n) is 4.73. The van der Waals surface area contributed by atoms with Crippen molar-refractivity contribution in [3.8, 4) is 11.5 Å². The Labute approximate surface area is 134 Å². The first-order valence-corrected chi connectivity index (χ1v) is 8.26. The lowest BCUT2D eigenvalue weighted by atomic mass is 9.94. The fourth-order valence-electron chi connectivity index (χ4n) is 3.51. The monoisotopic (exact) mass is 316 g/mol. The summed E-state index contributed by atoms with van der Waals surface area (Å²) in [5.74, 6) is 0.638. The quantitative estimate of drug-likeness (QED) is 0.878. The molecule has 3 aliphatic rings. The normalized spacial score (nSPS) is 24.5. The molecule has 1 saturated heterocycles. The Morgan fingerprint density at radius 3 is 2.70 bits per heavy atom. The van der Waals surface area contributed by atoms with Crippen LogP contribution in [0.25, 0.3) is 0 Å². The van der Waals surface area contributed by atoms with Gasteiger partial charge in [-0.05, 0) is 31.4 Å². The Morgan fingerprint density at radius 1 is 1.17 bits per heavy atom. The maximum Gasteiger partial charge on any atom is 0.251 e. The van der Waals surface area contributed by atoms with Gasteiger partial charge in [0.05, 0.1) is 0 Å². The first kappa shape index (κ1) is 14.4. The Balaban J connectivity index is 1.45. The molecule has 0 radical (unpaired) electrons. The first-order chi connectivity index (χ1) is 11.1. The molecule has 6 nitrogen and oxygen atoms in total. The number of anilines is 1. The summed E-state index contributed by atoms with van der Waals surface area (Å²) in [7, 11) is 0. The molecule has 23 heavy (non-hydrogen) atoms. The second-order valence-corrected chi connectivity index (χ2v) is 6.49. The van der Waals surface area contributed by atoms with E-state index in [1.54, 1.807) is 12.1 Å². The number of benzene rings is 1. The Bertz CT molecular complexity index is 652. The molecule has 1 aromatic rings. The van der Waals surface area contributed by atoms with Gasteiger partial charge in [0.1, 0.15) is 6.04 Å². The Kier molecular flexibility index (Phi) is 3.39. The number of amides is 2. The van der Waals surface area contributed by atoms with Crippen LogP contribution in [0.15, 0.2) is 18.2 Å². The van der Waals surface area contributed by atoms with Gasteiger partial charge in [-0.15, -0.1) is 0 Å². The van der Waals surface area contributed by atoms with Crippen LogP contribution < -0.4 is 20.1 Å². The number of fused-ring (bicyclic) bond motifs is 1. The van der Waals surface area contributed by atoms with Crippen molar-refractivity contribution in [2.45, 2.75) is 56.8 Å². The summed E-state index contributed by atoms with van der Waals surface area (Å²) in [6.45, 7) is 0. The van der Waals surface area contributed by atoms with E-state index in [1.807, 2.05) is 6.07 Å². The summed E-state index contributed by atoms with van der Waals surface area (Å²) in [6.07, 6.45) is 6.19. The van der Waals surface area contributed by atoms with Crippen molar-refractivity contribution < 1.29 is 19.1 Å². The topological polar surface area (TPSA) is 76.7 Å². The molecule has 0 bridgehead atoms. The van der Waals surface area contributed by atoms with Crippen molar-refractivity contribution in [1.82, 2.24) is 5.32 Å². The van der Waals surface area contributed by atoms with E-state index in [1.165, 1.54) is 6.42 Å². The molecular formula is C17H20N2O4. The van der Waals surface area contributed by atoms with E-state index in [2.05, 4.69) is 10.6 Å². The van der Waals surface area contributed by atoms with Gasteiger partial charge in [-0.1, -0.05) is 6.42 Å². The minimum absolute atomic E-state index is 0.0740. The number of nitrogens with one attached hydrogen (secondary N) is 2. The highest BCUT2D eigenvalue weighted by Crippen LogP contribution is 2.46. The van der Waals surface area contributed by atoms with Crippen LogP contribution in [0.5, 0.6) is 11.5 Å². The third-order valence-corrected chi connectivity index (χ3v) is 4.73. The number of hydrogen-bond acceptors (Lipinski definition) is 4. The van der Waals surface area contributed by atoms with Gasteiger partial charge in [0.2, 0.25) is 11.8 Å². The number of rotatable bonds is 2. The second-order valence-electron chi connectivity index (χ2n) is 6.49. The van der Waals surface area contributed by atoms with Crippen LogP contribution in [-0.2, 0) is 9.59 Å². The van der Waals surface area contributed by atoms with E-state index >= 15 is 0 Å². The van der Waals surface area contributed by atoms with Gasteiger partial charge in [0.25, 0.3) is 5.79 Å². The van der Waals surface area contributed by atoms with Crippen molar-refractivity contribution in [3.05, 3.63) is 18.2 Å². The molecule has 0 unspecified atom stereocenters. The minimum atomic E-state index is -0.511. The summed E-state index contributed by atoms with van der Waals surface area (Å²) in [4.78, 5) is 23.4. The molecule has 1 atom stereocenters.